The van der Waals surface area contributed by atoms with Crippen LogP contribution in [-0.2, 0) is 14.3 Å². The van der Waals surface area contributed by atoms with E-state index in [9.17, 15) is 19.7 Å². The largest absolute Gasteiger partial charge is 0.469 e. The topological polar surface area (TPSA) is 125 Å². The van der Waals surface area contributed by atoms with Crippen LogP contribution in [0.2, 0.25) is 0 Å². The number of rotatable bonds is 6. The van der Waals surface area contributed by atoms with Gasteiger partial charge in [0, 0.05) is 11.6 Å². The van der Waals surface area contributed by atoms with E-state index in [0.717, 1.165) is 0 Å². The van der Waals surface area contributed by atoms with Gasteiger partial charge in [0.1, 0.15) is 0 Å². The number of esters is 1. The molecule has 0 aliphatic heterocycles. The maximum absolute atomic E-state index is 11.4. The third-order valence-electron chi connectivity index (χ3n) is 2.95. The first-order chi connectivity index (χ1) is 9.88. The number of benzene rings is 1. The van der Waals surface area contributed by atoms with Gasteiger partial charge in [0.15, 0.2) is 0 Å². The number of nitro groups is 1. The van der Waals surface area contributed by atoms with Crippen molar-refractivity contribution in [2.24, 2.45) is 5.73 Å². The van der Waals surface area contributed by atoms with Crippen LogP contribution in [0.15, 0.2) is 18.2 Å². The van der Waals surface area contributed by atoms with Gasteiger partial charge in [-0.05, 0) is 12.5 Å². The number of nitrogens with two attached hydrogens (primary N) is 1. The van der Waals surface area contributed by atoms with Crippen molar-refractivity contribution >= 4 is 17.6 Å². The first-order valence-electron chi connectivity index (χ1n) is 6.20. The normalized spacial score (nSPS) is 11.6. The second-order valence-electron chi connectivity index (χ2n) is 4.41. The van der Waals surface area contributed by atoms with Crippen molar-refractivity contribution in [1.82, 2.24) is 5.32 Å². The molecule has 1 atom stereocenters. The van der Waals surface area contributed by atoms with Crippen molar-refractivity contribution in [3.05, 3.63) is 39.4 Å². The molecule has 0 saturated heterocycles. The molecule has 8 heteroatoms. The first kappa shape index (κ1) is 16.6. The summed E-state index contributed by atoms with van der Waals surface area (Å²) in [6.07, 6.45) is -0.136. The number of nitrogens with zero attached hydrogens (tertiary/aromatic N) is 1. The average Bonchev–Trinajstić information content (AvgIpc) is 2.46. The van der Waals surface area contributed by atoms with Gasteiger partial charge in [0.2, 0.25) is 5.91 Å². The molecule has 0 aliphatic carbocycles. The van der Waals surface area contributed by atoms with E-state index in [-0.39, 0.29) is 18.7 Å². The fraction of sp³-hybridized carbons (Fsp3) is 0.385. The molecule has 0 aliphatic rings. The minimum absolute atomic E-state index is 0.0793. The van der Waals surface area contributed by atoms with Gasteiger partial charge in [-0.1, -0.05) is 12.1 Å². The Labute approximate surface area is 121 Å². The molecule has 1 aromatic carbocycles. The number of aryl methyl sites for hydroxylation is 1. The SMILES string of the molecule is COC(=O)CC(NC(=O)CN)c1ccc(C)c([N+](=O)[O-])c1. The Balaban J connectivity index is 3.12. The molecule has 21 heavy (non-hydrogen) atoms. The van der Waals surface area contributed by atoms with Crippen molar-refractivity contribution < 1.29 is 19.2 Å². The molecule has 1 aromatic rings. The first-order valence-corrected chi connectivity index (χ1v) is 6.20. The van der Waals surface area contributed by atoms with E-state index in [1.54, 1.807) is 19.1 Å². The summed E-state index contributed by atoms with van der Waals surface area (Å²) < 4.78 is 4.56. The minimum atomic E-state index is -0.729. The van der Waals surface area contributed by atoms with Gasteiger partial charge in [0.05, 0.1) is 31.0 Å². The molecule has 0 saturated carbocycles. The molecule has 1 rings (SSSR count). The van der Waals surface area contributed by atoms with Crippen molar-refractivity contribution in [1.29, 1.82) is 0 Å². The van der Waals surface area contributed by atoms with Gasteiger partial charge < -0.3 is 15.8 Å². The Morgan fingerprint density at radius 3 is 2.67 bits per heavy atom. The summed E-state index contributed by atoms with van der Waals surface area (Å²) in [7, 11) is 1.22. The summed E-state index contributed by atoms with van der Waals surface area (Å²) in [6, 6.07) is 3.78. The van der Waals surface area contributed by atoms with Crippen LogP contribution < -0.4 is 11.1 Å². The lowest BCUT2D eigenvalue weighted by atomic mass is 10.0. The maximum atomic E-state index is 11.4. The van der Waals surface area contributed by atoms with Crippen LogP contribution in [0.5, 0.6) is 0 Å². The summed E-state index contributed by atoms with van der Waals surface area (Å²) in [6.45, 7) is 1.36. The molecular weight excluding hydrogens is 278 g/mol. The Bertz CT molecular complexity index is 541. The van der Waals surface area contributed by atoms with E-state index in [1.165, 1.54) is 13.2 Å². The highest BCUT2D eigenvalue weighted by Gasteiger charge is 2.21. The van der Waals surface area contributed by atoms with Crippen LogP contribution in [0.1, 0.15) is 23.6 Å². The van der Waals surface area contributed by atoms with Gasteiger partial charge in [0.25, 0.3) is 5.69 Å². The second-order valence-corrected chi connectivity index (χ2v) is 4.41. The lowest BCUT2D eigenvalue weighted by Gasteiger charge is -2.18. The average molecular weight is 295 g/mol. The number of hydrogen-bond donors (Lipinski definition) is 2. The van der Waals surface area contributed by atoms with Gasteiger partial charge >= 0.3 is 5.97 Å². The van der Waals surface area contributed by atoms with E-state index in [0.29, 0.717) is 11.1 Å². The van der Waals surface area contributed by atoms with Gasteiger partial charge in [-0.25, -0.2) is 0 Å². The Morgan fingerprint density at radius 1 is 1.48 bits per heavy atom. The third kappa shape index (κ3) is 4.53. The number of hydrogen-bond acceptors (Lipinski definition) is 6. The highest BCUT2D eigenvalue weighted by molar-refractivity contribution is 5.79. The monoisotopic (exact) mass is 295 g/mol. The van der Waals surface area contributed by atoms with Gasteiger partial charge in [-0.2, -0.15) is 0 Å². The molecule has 8 nitrogen and oxygen atoms in total. The molecule has 0 radical (unpaired) electrons. The lowest BCUT2D eigenvalue weighted by Crippen LogP contribution is -2.35. The maximum Gasteiger partial charge on any atom is 0.307 e. The van der Waals surface area contributed by atoms with Crippen LogP contribution >= 0.6 is 0 Å². The summed E-state index contributed by atoms with van der Waals surface area (Å²) in [5.74, 6) is -1.01. The lowest BCUT2D eigenvalue weighted by molar-refractivity contribution is -0.385. The Kier molecular flexibility index (Phi) is 5.79. The molecule has 114 valence electrons. The Hall–Kier alpha value is -2.48. The van der Waals surface area contributed by atoms with Crippen LogP contribution in [-0.4, -0.2) is 30.5 Å². The predicted molar refractivity (Wildman–Crippen MR) is 74.4 cm³/mol. The predicted octanol–water partition coefficient (Wildman–Crippen LogP) is 0.582. The number of ether oxygens (including phenoxy) is 1. The highest BCUT2D eigenvalue weighted by atomic mass is 16.6. The fourth-order valence-electron chi connectivity index (χ4n) is 1.80. The van der Waals surface area contributed by atoms with E-state index < -0.39 is 22.8 Å². The number of carbonyl (C=O) groups excluding carboxylic acids is 2. The molecule has 0 aromatic heterocycles. The van der Waals surface area contributed by atoms with Crippen LogP contribution in [0.25, 0.3) is 0 Å². The molecule has 0 bridgehead atoms. The molecule has 1 amide bonds. The summed E-state index contributed by atoms with van der Waals surface area (Å²) in [5, 5.41) is 13.5. The van der Waals surface area contributed by atoms with E-state index in [2.05, 4.69) is 10.1 Å². The number of amides is 1. The fourth-order valence-corrected chi connectivity index (χ4v) is 1.80. The smallest absolute Gasteiger partial charge is 0.307 e. The van der Waals surface area contributed by atoms with Crippen LogP contribution in [0.3, 0.4) is 0 Å². The summed E-state index contributed by atoms with van der Waals surface area (Å²) in [5.41, 5.74) is 6.08. The van der Waals surface area contributed by atoms with E-state index >= 15 is 0 Å². The summed E-state index contributed by atoms with van der Waals surface area (Å²) in [4.78, 5) is 33.3. The number of nitrogens with one attached hydrogen (secondary N) is 1. The number of nitro benzene ring substituents is 1. The molecule has 0 spiro atoms. The molecular formula is C13H17N3O5. The van der Waals surface area contributed by atoms with Crippen molar-refractivity contribution in [2.45, 2.75) is 19.4 Å². The molecule has 1 unspecified atom stereocenters. The standard InChI is InChI=1S/C13H17N3O5/c1-8-3-4-9(5-11(8)16(19)20)10(6-13(18)21-2)15-12(17)7-14/h3-5,10H,6-7,14H2,1-2H3,(H,15,17). The zero-order chi connectivity index (χ0) is 16.0. The highest BCUT2D eigenvalue weighted by Crippen LogP contribution is 2.25. The third-order valence-corrected chi connectivity index (χ3v) is 2.95. The van der Waals surface area contributed by atoms with E-state index in [1.807, 2.05) is 0 Å². The minimum Gasteiger partial charge on any atom is -0.469 e. The molecule has 0 fully saturated rings. The van der Waals surface area contributed by atoms with Crippen LogP contribution in [0.4, 0.5) is 5.69 Å². The molecule has 3 N–H and O–H groups in total. The van der Waals surface area contributed by atoms with Crippen molar-refractivity contribution in [3.63, 3.8) is 0 Å². The quantitative estimate of drug-likeness (QED) is 0.449. The van der Waals surface area contributed by atoms with E-state index in [4.69, 9.17) is 5.73 Å². The molecule has 0 heterocycles. The number of methoxy groups -OCH3 is 1. The second kappa shape index (κ2) is 7.34. The van der Waals surface area contributed by atoms with Crippen molar-refractivity contribution in [2.75, 3.05) is 13.7 Å². The van der Waals surface area contributed by atoms with Gasteiger partial charge in [-0.15, -0.1) is 0 Å². The van der Waals surface area contributed by atoms with Crippen molar-refractivity contribution in [3.8, 4) is 0 Å². The zero-order valence-corrected chi connectivity index (χ0v) is 11.8. The zero-order valence-electron chi connectivity index (χ0n) is 11.8. The Morgan fingerprint density at radius 2 is 2.14 bits per heavy atom. The van der Waals surface area contributed by atoms with Gasteiger partial charge in [-0.3, -0.25) is 19.7 Å². The summed E-state index contributed by atoms with van der Waals surface area (Å²) >= 11 is 0. The number of carbonyl (C=O) groups is 2. The van der Waals surface area contributed by atoms with Crippen LogP contribution in [0, 0.1) is 17.0 Å².